The number of amides is 3. The van der Waals surface area contributed by atoms with E-state index in [1.54, 1.807) is 28.0 Å². The fraction of sp³-hybridized carbons (Fsp3) is 0.148. The number of anilines is 2. The van der Waals surface area contributed by atoms with Gasteiger partial charge in [-0.05, 0) is 48.2 Å². The van der Waals surface area contributed by atoms with Gasteiger partial charge in [0.15, 0.2) is 0 Å². The summed E-state index contributed by atoms with van der Waals surface area (Å²) in [5.41, 5.74) is 4.25. The number of hydrogen-bond acceptors (Lipinski definition) is 3. The Morgan fingerprint density at radius 3 is 2.59 bits per heavy atom. The van der Waals surface area contributed by atoms with Crippen LogP contribution in [0.25, 0.3) is 10.9 Å². The Morgan fingerprint density at radius 1 is 0.912 bits per heavy atom. The molecule has 0 saturated carbocycles. The number of carbonyl (C=O) groups excluding carboxylic acids is 3. The number of aromatic amines is 1. The van der Waals surface area contributed by atoms with Gasteiger partial charge in [-0.15, -0.1) is 0 Å². The van der Waals surface area contributed by atoms with Crippen LogP contribution in [0, 0.1) is 0 Å². The minimum atomic E-state index is -0.496. The topological polar surface area (TPSA) is 85.5 Å². The Bertz CT molecular complexity index is 1460. The van der Waals surface area contributed by atoms with E-state index in [-0.39, 0.29) is 24.1 Å². The summed E-state index contributed by atoms with van der Waals surface area (Å²) in [5.74, 6) is -0.350. The third-order valence-electron chi connectivity index (χ3n) is 6.52. The van der Waals surface area contributed by atoms with E-state index in [1.807, 2.05) is 60.8 Å². The Kier molecular flexibility index (Phi) is 4.69. The maximum Gasteiger partial charge on any atom is 0.260 e. The normalized spacial score (nSPS) is 16.4. The summed E-state index contributed by atoms with van der Waals surface area (Å²) in [7, 11) is 0. The molecular weight excluding hydrogens is 428 g/mol. The van der Waals surface area contributed by atoms with E-state index in [9.17, 15) is 14.4 Å². The van der Waals surface area contributed by atoms with E-state index in [2.05, 4.69) is 10.3 Å². The summed E-state index contributed by atoms with van der Waals surface area (Å²) >= 11 is 0. The third-order valence-corrected chi connectivity index (χ3v) is 6.52. The fourth-order valence-corrected chi connectivity index (χ4v) is 4.96. The first kappa shape index (κ1) is 20.2. The average Bonchev–Trinajstić information content (AvgIpc) is 3.44. The van der Waals surface area contributed by atoms with Crippen LogP contribution in [0.5, 0.6) is 0 Å². The molecule has 7 nitrogen and oxygen atoms in total. The standard InChI is InChI=1S/C27H22N4O3/c32-24(29-18-12-11-17-13-14-28-22(17)16-18)10-5-15-30-25-19-6-1-2-7-20(19)27(34)31(25)23-9-4-3-8-21(23)26(30)33/h1-4,6-9,11-14,16,25,28H,5,10,15H2,(H,29,32). The van der Waals surface area contributed by atoms with Gasteiger partial charge in [-0.25, -0.2) is 0 Å². The number of hydrogen-bond donors (Lipinski definition) is 2. The molecule has 168 valence electrons. The molecule has 0 fully saturated rings. The van der Waals surface area contributed by atoms with Gasteiger partial charge in [0.25, 0.3) is 11.8 Å². The van der Waals surface area contributed by atoms with Gasteiger partial charge in [0, 0.05) is 41.5 Å². The quantitative estimate of drug-likeness (QED) is 0.462. The largest absolute Gasteiger partial charge is 0.361 e. The maximum absolute atomic E-state index is 13.4. The molecule has 6 rings (SSSR count). The predicted molar refractivity (Wildman–Crippen MR) is 130 cm³/mol. The monoisotopic (exact) mass is 450 g/mol. The SMILES string of the molecule is O=C(CCCN1C(=O)c2ccccc2N2C(=O)c3ccccc3C12)Nc1ccc2cc[nH]c2c1. The second-order valence-electron chi connectivity index (χ2n) is 8.58. The van der Waals surface area contributed by atoms with Crippen molar-refractivity contribution in [1.82, 2.24) is 9.88 Å². The van der Waals surface area contributed by atoms with E-state index < -0.39 is 6.17 Å². The zero-order valence-corrected chi connectivity index (χ0v) is 18.3. The molecule has 7 heteroatoms. The van der Waals surface area contributed by atoms with Gasteiger partial charge in [0.1, 0.15) is 6.17 Å². The van der Waals surface area contributed by atoms with Crippen molar-refractivity contribution in [3.05, 3.63) is 95.7 Å². The number of benzene rings is 3. The van der Waals surface area contributed by atoms with Crippen LogP contribution < -0.4 is 10.2 Å². The number of aromatic nitrogens is 1. The van der Waals surface area contributed by atoms with E-state index >= 15 is 0 Å². The van der Waals surface area contributed by atoms with Crippen LogP contribution in [0.3, 0.4) is 0 Å². The molecule has 4 aromatic rings. The molecule has 1 unspecified atom stereocenters. The minimum absolute atomic E-state index is 0.108. The van der Waals surface area contributed by atoms with Crippen molar-refractivity contribution in [3.63, 3.8) is 0 Å². The van der Waals surface area contributed by atoms with Crippen LogP contribution in [0.1, 0.15) is 45.3 Å². The van der Waals surface area contributed by atoms with Crippen LogP contribution >= 0.6 is 0 Å². The molecule has 0 spiro atoms. The molecule has 3 heterocycles. The molecule has 2 aliphatic heterocycles. The lowest BCUT2D eigenvalue weighted by molar-refractivity contribution is -0.116. The number of H-pyrrole nitrogens is 1. The van der Waals surface area contributed by atoms with Crippen LogP contribution in [-0.4, -0.2) is 34.2 Å². The molecule has 0 saturated heterocycles. The number of fused-ring (bicyclic) bond motifs is 6. The molecule has 1 aromatic heterocycles. The Morgan fingerprint density at radius 2 is 1.71 bits per heavy atom. The van der Waals surface area contributed by atoms with Crippen molar-refractivity contribution in [1.29, 1.82) is 0 Å². The molecule has 0 bridgehead atoms. The first-order valence-electron chi connectivity index (χ1n) is 11.3. The van der Waals surface area contributed by atoms with E-state index in [1.165, 1.54) is 0 Å². The van der Waals surface area contributed by atoms with Crippen molar-refractivity contribution >= 4 is 40.0 Å². The highest BCUT2D eigenvalue weighted by Gasteiger charge is 2.47. The molecule has 0 aliphatic carbocycles. The Hall–Kier alpha value is -4.39. The van der Waals surface area contributed by atoms with Gasteiger partial charge in [0.05, 0.1) is 11.3 Å². The summed E-state index contributed by atoms with van der Waals surface area (Å²) in [6.45, 7) is 0.360. The first-order chi connectivity index (χ1) is 16.6. The highest BCUT2D eigenvalue weighted by Crippen LogP contribution is 2.45. The zero-order valence-electron chi connectivity index (χ0n) is 18.3. The molecule has 2 N–H and O–H groups in total. The highest BCUT2D eigenvalue weighted by molar-refractivity contribution is 6.16. The van der Waals surface area contributed by atoms with Crippen LogP contribution in [0.15, 0.2) is 79.0 Å². The van der Waals surface area contributed by atoms with E-state index in [0.717, 1.165) is 22.2 Å². The molecule has 2 aliphatic rings. The lowest BCUT2D eigenvalue weighted by Crippen LogP contribution is -2.48. The van der Waals surface area contributed by atoms with E-state index in [0.29, 0.717) is 29.8 Å². The molecule has 34 heavy (non-hydrogen) atoms. The van der Waals surface area contributed by atoms with Gasteiger partial charge >= 0.3 is 0 Å². The number of para-hydroxylation sites is 1. The number of nitrogens with zero attached hydrogens (tertiary/aromatic N) is 2. The van der Waals surface area contributed by atoms with Gasteiger partial charge in [-0.3, -0.25) is 19.3 Å². The van der Waals surface area contributed by atoms with Crippen LogP contribution in [0.2, 0.25) is 0 Å². The fourth-order valence-electron chi connectivity index (χ4n) is 4.96. The predicted octanol–water partition coefficient (Wildman–Crippen LogP) is 4.70. The highest BCUT2D eigenvalue weighted by atomic mass is 16.2. The van der Waals surface area contributed by atoms with Gasteiger partial charge in [-0.2, -0.15) is 0 Å². The molecule has 3 amide bonds. The van der Waals surface area contributed by atoms with Crippen LogP contribution in [0.4, 0.5) is 11.4 Å². The second-order valence-corrected chi connectivity index (χ2v) is 8.58. The van der Waals surface area contributed by atoms with Crippen molar-refractivity contribution in [2.45, 2.75) is 19.0 Å². The van der Waals surface area contributed by atoms with E-state index in [4.69, 9.17) is 0 Å². The first-order valence-corrected chi connectivity index (χ1v) is 11.3. The number of rotatable bonds is 5. The molecular formula is C27H22N4O3. The molecule has 3 aromatic carbocycles. The van der Waals surface area contributed by atoms with Gasteiger partial charge in [-0.1, -0.05) is 36.4 Å². The smallest absolute Gasteiger partial charge is 0.260 e. The van der Waals surface area contributed by atoms with Crippen LogP contribution in [-0.2, 0) is 4.79 Å². The minimum Gasteiger partial charge on any atom is -0.361 e. The van der Waals surface area contributed by atoms with Crippen molar-refractivity contribution in [2.75, 3.05) is 16.8 Å². The molecule has 0 radical (unpaired) electrons. The average molecular weight is 450 g/mol. The van der Waals surface area contributed by atoms with Gasteiger partial charge < -0.3 is 15.2 Å². The summed E-state index contributed by atoms with van der Waals surface area (Å²) in [4.78, 5) is 45.8. The Balaban J connectivity index is 1.21. The number of carbonyl (C=O) groups is 3. The Labute approximate surface area is 196 Å². The lowest BCUT2D eigenvalue weighted by Gasteiger charge is -2.41. The van der Waals surface area contributed by atoms with Crippen molar-refractivity contribution in [2.24, 2.45) is 0 Å². The van der Waals surface area contributed by atoms with Gasteiger partial charge in [0.2, 0.25) is 5.91 Å². The summed E-state index contributed by atoms with van der Waals surface area (Å²) < 4.78 is 0. The third kappa shape index (κ3) is 3.16. The maximum atomic E-state index is 13.4. The second kappa shape index (κ2) is 7.88. The number of nitrogens with one attached hydrogen (secondary N) is 2. The zero-order chi connectivity index (χ0) is 23.2. The summed E-state index contributed by atoms with van der Waals surface area (Å²) in [6, 6.07) is 22.3. The lowest BCUT2D eigenvalue weighted by atomic mass is 10.0. The summed E-state index contributed by atoms with van der Waals surface area (Å²) in [6.07, 6.45) is 2.10. The van der Waals surface area contributed by atoms with Crippen molar-refractivity contribution < 1.29 is 14.4 Å². The van der Waals surface area contributed by atoms with Crippen molar-refractivity contribution in [3.8, 4) is 0 Å². The summed E-state index contributed by atoms with van der Waals surface area (Å²) in [5, 5.41) is 4.01. The molecule has 1 atom stereocenters.